The number of aromatic amines is 1. The third-order valence-corrected chi connectivity index (χ3v) is 4.16. The number of fused-ring (bicyclic) bond motifs is 1. The first kappa shape index (κ1) is 15.8. The Morgan fingerprint density at radius 3 is 2.64 bits per heavy atom. The molecular formula is C16H15F3N6. The molecule has 1 aliphatic rings. The molecule has 0 spiro atoms. The lowest BCUT2D eigenvalue weighted by Crippen LogP contribution is -2.35. The van der Waals surface area contributed by atoms with Crippen LogP contribution in [-0.2, 0) is 25.8 Å². The van der Waals surface area contributed by atoms with Gasteiger partial charge in [0.1, 0.15) is 11.6 Å². The van der Waals surface area contributed by atoms with Gasteiger partial charge < -0.3 is 9.55 Å². The van der Waals surface area contributed by atoms with Crippen molar-refractivity contribution in [3.8, 4) is 11.4 Å². The number of imidazole rings is 1. The summed E-state index contributed by atoms with van der Waals surface area (Å²) in [4.78, 5) is 9.64. The summed E-state index contributed by atoms with van der Waals surface area (Å²) in [5.41, 5.74) is 1.89. The van der Waals surface area contributed by atoms with Crippen LogP contribution >= 0.6 is 0 Å². The van der Waals surface area contributed by atoms with Gasteiger partial charge in [0.05, 0.1) is 6.54 Å². The molecule has 130 valence electrons. The molecule has 1 aromatic carbocycles. The van der Waals surface area contributed by atoms with Gasteiger partial charge in [0.15, 0.2) is 0 Å². The zero-order valence-corrected chi connectivity index (χ0v) is 13.2. The van der Waals surface area contributed by atoms with E-state index in [9.17, 15) is 13.2 Å². The van der Waals surface area contributed by atoms with E-state index in [4.69, 9.17) is 0 Å². The minimum atomic E-state index is -4.47. The molecule has 0 bridgehead atoms. The minimum Gasteiger partial charge on any atom is -0.341 e. The molecule has 0 saturated carbocycles. The SMILES string of the molecule is FC(F)(F)c1nnc2n1CCN(Cc1cnc(-c3ccccc3)[nH]1)C2. The van der Waals surface area contributed by atoms with Crippen LogP contribution in [0, 0.1) is 0 Å². The van der Waals surface area contributed by atoms with E-state index in [1.165, 1.54) is 0 Å². The van der Waals surface area contributed by atoms with Crippen LogP contribution in [0.3, 0.4) is 0 Å². The molecule has 25 heavy (non-hydrogen) atoms. The molecule has 3 aromatic rings. The van der Waals surface area contributed by atoms with Crippen LogP contribution in [0.2, 0.25) is 0 Å². The Labute approximate surface area is 141 Å². The summed E-state index contributed by atoms with van der Waals surface area (Å²) in [7, 11) is 0. The Morgan fingerprint density at radius 2 is 1.88 bits per heavy atom. The molecular weight excluding hydrogens is 333 g/mol. The fraction of sp³-hybridized carbons (Fsp3) is 0.312. The lowest BCUT2D eigenvalue weighted by molar-refractivity contribution is -0.148. The molecule has 1 aliphatic heterocycles. The summed E-state index contributed by atoms with van der Waals surface area (Å²) in [5.74, 6) is 0.187. The summed E-state index contributed by atoms with van der Waals surface area (Å²) in [6.07, 6.45) is -2.72. The van der Waals surface area contributed by atoms with Crippen molar-refractivity contribution in [1.29, 1.82) is 0 Å². The predicted octanol–water partition coefficient (Wildman–Crippen LogP) is 2.70. The van der Waals surface area contributed by atoms with E-state index < -0.39 is 12.0 Å². The van der Waals surface area contributed by atoms with Crippen molar-refractivity contribution >= 4 is 0 Å². The summed E-state index contributed by atoms with van der Waals surface area (Å²) >= 11 is 0. The van der Waals surface area contributed by atoms with Crippen molar-refractivity contribution in [3.63, 3.8) is 0 Å². The molecule has 9 heteroatoms. The van der Waals surface area contributed by atoms with Crippen molar-refractivity contribution in [1.82, 2.24) is 29.6 Å². The van der Waals surface area contributed by atoms with Crippen molar-refractivity contribution in [2.24, 2.45) is 0 Å². The smallest absolute Gasteiger partial charge is 0.341 e. The van der Waals surface area contributed by atoms with Gasteiger partial charge in [-0.2, -0.15) is 13.2 Å². The number of rotatable bonds is 3. The lowest BCUT2D eigenvalue weighted by Gasteiger charge is -2.27. The molecule has 4 rings (SSSR count). The average Bonchev–Trinajstić information content (AvgIpc) is 3.22. The van der Waals surface area contributed by atoms with Crippen LogP contribution in [-0.4, -0.2) is 36.2 Å². The highest BCUT2D eigenvalue weighted by molar-refractivity contribution is 5.54. The van der Waals surface area contributed by atoms with Crippen molar-refractivity contribution < 1.29 is 13.2 Å². The number of benzene rings is 1. The van der Waals surface area contributed by atoms with E-state index in [1.54, 1.807) is 6.20 Å². The summed E-state index contributed by atoms with van der Waals surface area (Å²) in [5, 5.41) is 6.99. The largest absolute Gasteiger partial charge is 0.451 e. The Bertz CT molecular complexity index is 868. The summed E-state index contributed by atoms with van der Waals surface area (Å²) < 4.78 is 39.8. The van der Waals surface area contributed by atoms with Crippen LogP contribution in [0.5, 0.6) is 0 Å². The van der Waals surface area contributed by atoms with E-state index in [1.807, 2.05) is 35.2 Å². The first-order valence-corrected chi connectivity index (χ1v) is 7.81. The molecule has 1 N–H and O–H groups in total. The monoisotopic (exact) mass is 348 g/mol. The van der Waals surface area contributed by atoms with Crippen LogP contribution < -0.4 is 0 Å². The fourth-order valence-corrected chi connectivity index (χ4v) is 2.98. The third kappa shape index (κ3) is 3.14. The molecule has 0 unspecified atom stereocenters. The van der Waals surface area contributed by atoms with Crippen molar-refractivity contribution in [2.75, 3.05) is 6.54 Å². The van der Waals surface area contributed by atoms with Gasteiger partial charge in [-0.05, 0) is 0 Å². The number of nitrogens with one attached hydrogen (secondary N) is 1. The number of halogens is 3. The first-order chi connectivity index (χ1) is 12.0. The molecule has 0 saturated heterocycles. The van der Waals surface area contributed by atoms with E-state index in [0.29, 0.717) is 25.5 Å². The van der Waals surface area contributed by atoms with E-state index >= 15 is 0 Å². The second-order valence-corrected chi connectivity index (χ2v) is 5.92. The van der Waals surface area contributed by atoms with Crippen LogP contribution in [0.25, 0.3) is 11.4 Å². The highest BCUT2D eigenvalue weighted by Gasteiger charge is 2.39. The van der Waals surface area contributed by atoms with Gasteiger partial charge >= 0.3 is 6.18 Å². The number of alkyl halides is 3. The van der Waals surface area contributed by atoms with Gasteiger partial charge in [-0.15, -0.1) is 10.2 Å². The lowest BCUT2D eigenvalue weighted by atomic mass is 10.2. The van der Waals surface area contributed by atoms with E-state index in [2.05, 4.69) is 20.2 Å². The zero-order chi connectivity index (χ0) is 17.4. The second kappa shape index (κ2) is 5.99. The van der Waals surface area contributed by atoms with Crippen molar-refractivity contribution in [2.45, 2.75) is 25.8 Å². The van der Waals surface area contributed by atoms with Crippen LogP contribution in [0.15, 0.2) is 36.5 Å². The fourth-order valence-electron chi connectivity index (χ4n) is 2.98. The Balaban J connectivity index is 1.47. The first-order valence-electron chi connectivity index (χ1n) is 7.81. The minimum absolute atomic E-state index is 0.219. The molecule has 2 aromatic heterocycles. The number of nitrogens with zero attached hydrogens (tertiary/aromatic N) is 5. The second-order valence-electron chi connectivity index (χ2n) is 5.92. The summed E-state index contributed by atoms with van der Waals surface area (Å²) in [6.45, 7) is 1.60. The maximum Gasteiger partial charge on any atom is 0.451 e. The van der Waals surface area contributed by atoms with Gasteiger partial charge in [-0.1, -0.05) is 30.3 Å². The highest BCUT2D eigenvalue weighted by Crippen LogP contribution is 2.29. The Morgan fingerprint density at radius 1 is 1.08 bits per heavy atom. The van der Waals surface area contributed by atoms with Gasteiger partial charge in [-0.25, -0.2) is 4.98 Å². The third-order valence-electron chi connectivity index (χ3n) is 4.16. The average molecular weight is 348 g/mol. The predicted molar refractivity (Wildman–Crippen MR) is 83.2 cm³/mol. The zero-order valence-electron chi connectivity index (χ0n) is 13.2. The molecule has 0 aliphatic carbocycles. The molecule has 6 nitrogen and oxygen atoms in total. The van der Waals surface area contributed by atoms with Gasteiger partial charge in [-0.3, -0.25) is 4.90 Å². The van der Waals surface area contributed by atoms with Gasteiger partial charge in [0, 0.05) is 37.1 Å². The Hall–Kier alpha value is -2.68. The molecule has 0 fully saturated rings. The quantitative estimate of drug-likeness (QED) is 0.791. The maximum absolute atomic E-state index is 12.9. The normalized spacial score (nSPS) is 15.3. The molecule has 3 heterocycles. The number of aromatic nitrogens is 5. The maximum atomic E-state index is 12.9. The highest BCUT2D eigenvalue weighted by atomic mass is 19.4. The Kier molecular flexibility index (Phi) is 3.79. The number of H-pyrrole nitrogens is 1. The molecule has 0 amide bonds. The standard InChI is InChI=1S/C16H15F3N6/c17-16(18,19)15-23-22-13-10-24(6-7-25(13)15)9-12-8-20-14(21-12)11-4-2-1-3-5-11/h1-5,8H,6-7,9-10H2,(H,20,21). The molecule has 0 atom stereocenters. The number of hydrogen-bond donors (Lipinski definition) is 1. The molecule has 0 radical (unpaired) electrons. The van der Waals surface area contributed by atoms with Crippen LogP contribution in [0.4, 0.5) is 13.2 Å². The summed E-state index contributed by atoms with van der Waals surface area (Å²) in [6, 6.07) is 9.74. The van der Waals surface area contributed by atoms with Gasteiger partial charge in [0.2, 0.25) is 5.82 Å². The van der Waals surface area contributed by atoms with Crippen LogP contribution in [0.1, 0.15) is 17.3 Å². The van der Waals surface area contributed by atoms with Crippen molar-refractivity contribution in [3.05, 3.63) is 53.9 Å². The topological polar surface area (TPSA) is 62.6 Å². The van der Waals surface area contributed by atoms with E-state index in [0.717, 1.165) is 21.6 Å². The number of hydrogen-bond acceptors (Lipinski definition) is 4. The van der Waals surface area contributed by atoms with E-state index in [-0.39, 0.29) is 6.54 Å². The van der Waals surface area contributed by atoms with Gasteiger partial charge in [0.25, 0.3) is 0 Å².